The normalized spacial score (nSPS) is 28.9. The Morgan fingerprint density at radius 1 is 1.50 bits per heavy atom. The van der Waals surface area contributed by atoms with Crippen molar-refractivity contribution in [1.29, 1.82) is 0 Å². The molecule has 1 aliphatic rings. The van der Waals surface area contributed by atoms with Crippen molar-refractivity contribution in [3.8, 4) is 0 Å². The van der Waals surface area contributed by atoms with E-state index in [1.165, 1.54) is 0 Å². The Bertz CT molecular complexity index is 291. The van der Waals surface area contributed by atoms with Crippen LogP contribution >= 0.6 is 0 Å². The van der Waals surface area contributed by atoms with Crippen LogP contribution in [-0.2, 0) is 14.6 Å². The fourth-order valence-corrected chi connectivity index (χ4v) is 2.89. The van der Waals surface area contributed by atoms with Crippen molar-refractivity contribution < 1.29 is 18.3 Å². The van der Waals surface area contributed by atoms with E-state index in [1.54, 1.807) is 13.8 Å². The van der Waals surface area contributed by atoms with Crippen molar-refractivity contribution in [3.05, 3.63) is 0 Å². The molecule has 1 rings (SSSR count). The van der Waals surface area contributed by atoms with Gasteiger partial charge in [0.25, 0.3) is 0 Å². The van der Waals surface area contributed by atoms with Gasteiger partial charge in [0.1, 0.15) is 0 Å². The standard InChI is InChI=1S/C7H12O4S/c1-4(2)12(10,11)6-3-5(6)7(8)9/h4-6H,3H2,1-2H3,(H,8,9). The molecule has 0 aliphatic heterocycles. The van der Waals surface area contributed by atoms with E-state index in [1.807, 2.05) is 0 Å². The molecule has 2 unspecified atom stereocenters. The van der Waals surface area contributed by atoms with Crippen molar-refractivity contribution in [2.24, 2.45) is 5.92 Å². The summed E-state index contributed by atoms with van der Waals surface area (Å²) in [5.41, 5.74) is 0. The van der Waals surface area contributed by atoms with E-state index in [0.717, 1.165) is 0 Å². The molecule has 0 spiro atoms. The molecule has 0 heterocycles. The summed E-state index contributed by atoms with van der Waals surface area (Å²) < 4.78 is 22.7. The van der Waals surface area contributed by atoms with Crippen molar-refractivity contribution in [1.82, 2.24) is 0 Å². The van der Waals surface area contributed by atoms with Crippen LogP contribution < -0.4 is 0 Å². The van der Waals surface area contributed by atoms with Crippen LogP contribution in [0.1, 0.15) is 20.3 Å². The SMILES string of the molecule is CC(C)S(=O)(=O)C1CC1C(=O)O. The lowest BCUT2D eigenvalue weighted by molar-refractivity contribution is -0.138. The van der Waals surface area contributed by atoms with Gasteiger partial charge in [-0.2, -0.15) is 0 Å². The first-order valence-corrected chi connectivity index (χ1v) is 5.44. The predicted octanol–water partition coefficient (Wildman–Crippen LogP) is 0.283. The molecule has 0 radical (unpaired) electrons. The molecule has 2 atom stereocenters. The van der Waals surface area contributed by atoms with Gasteiger partial charge >= 0.3 is 5.97 Å². The van der Waals surface area contributed by atoms with Gasteiger partial charge in [0.05, 0.1) is 16.4 Å². The molecule has 12 heavy (non-hydrogen) atoms. The predicted molar refractivity (Wildman–Crippen MR) is 43.6 cm³/mol. The van der Waals surface area contributed by atoms with E-state index in [4.69, 9.17) is 5.11 Å². The van der Waals surface area contributed by atoms with Crippen LogP contribution in [0.2, 0.25) is 0 Å². The zero-order valence-electron chi connectivity index (χ0n) is 7.02. The van der Waals surface area contributed by atoms with Crippen LogP contribution in [0.25, 0.3) is 0 Å². The molecule has 0 aromatic heterocycles. The zero-order chi connectivity index (χ0) is 9.52. The molecule has 4 nitrogen and oxygen atoms in total. The Hall–Kier alpha value is -0.580. The molecule has 0 aromatic rings. The second kappa shape index (κ2) is 2.73. The molecule has 0 aromatic carbocycles. The summed E-state index contributed by atoms with van der Waals surface area (Å²) in [6.07, 6.45) is 0.288. The highest BCUT2D eigenvalue weighted by molar-refractivity contribution is 7.92. The lowest BCUT2D eigenvalue weighted by Gasteiger charge is -2.04. The highest BCUT2D eigenvalue weighted by Crippen LogP contribution is 2.39. The number of carboxylic acids is 1. The molecular formula is C7H12O4S. The fourth-order valence-electron chi connectivity index (χ4n) is 1.14. The van der Waals surface area contributed by atoms with E-state index in [2.05, 4.69) is 0 Å². The summed E-state index contributed by atoms with van der Waals surface area (Å²) in [6.45, 7) is 3.15. The van der Waals surface area contributed by atoms with Crippen molar-refractivity contribution >= 4 is 15.8 Å². The van der Waals surface area contributed by atoms with Crippen molar-refractivity contribution in [2.45, 2.75) is 30.8 Å². The summed E-state index contributed by atoms with van der Waals surface area (Å²) in [5.74, 6) is -1.65. The van der Waals surface area contributed by atoms with E-state index in [0.29, 0.717) is 0 Å². The minimum Gasteiger partial charge on any atom is -0.481 e. The second-order valence-corrected chi connectivity index (χ2v) is 6.08. The number of hydrogen-bond donors (Lipinski definition) is 1. The van der Waals surface area contributed by atoms with Gasteiger partial charge in [-0.1, -0.05) is 0 Å². The van der Waals surface area contributed by atoms with Gasteiger partial charge in [0, 0.05) is 0 Å². The average molecular weight is 192 g/mol. The smallest absolute Gasteiger partial charge is 0.307 e. The number of aliphatic carboxylic acids is 1. The van der Waals surface area contributed by atoms with Crippen LogP contribution in [0.4, 0.5) is 0 Å². The average Bonchev–Trinajstić information content (AvgIpc) is 2.63. The van der Waals surface area contributed by atoms with Crippen LogP contribution in [0.5, 0.6) is 0 Å². The lowest BCUT2D eigenvalue weighted by atomic mass is 10.4. The third-order valence-electron chi connectivity index (χ3n) is 2.13. The van der Waals surface area contributed by atoms with Gasteiger partial charge in [0.2, 0.25) is 0 Å². The second-order valence-electron chi connectivity index (χ2n) is 3.36. The number of sulfone groups is 1. The number of carbonyl (C=O) groups is 1. The highest BCUT2D eigenvalue weighted by atomic mass is 32.2. The first-order chi connectivity index (χ1) is 5.37. The largest absolute Gasteiger partial charge is 0.481 e. The lowest BCUT2D eigenvalue weighted by Crippen LogP contribution is -2.21. The summed E-state index contributed by atoms with van der Waals surface area (Å²) in [5, 5.41) is 7.41. The maximum atomic E-state index is 11.3. The molecule has 1 fully saturated rings. The Labute approximate surface area is 71.5 Å². The maximum absolute atomic E-state index is 11.3. The van der Waals surface area contributed by atoms with Gasteiger partial charge in [-0.25, -0.2) is 8.42 Å². The van der Waals surface area contributed by atoms with E-state index >= 15 is 0 Å². The molecule has 0 bridgehead atoms. The number of carboxylic acid groups (broad SMARTS) is 1. The molecule has 1 saturated carbocycles. The van der Waals surface area contributed by atoms with E-state index in [9.17, 15) is 13.2 Å². The van der Waals surface area contributed by atoms with Crippen molar-refractivity contribution in [2.75, 3.05) is 0 Å². The third kappa shape index (κ3) is 1.46. The maximum Gasteiger partial charge on any atom is 0.307 e. The number of hydrogen-bond acceptors (Lipinski definition) is 3. The molecule has 1 N–H and O–H groups in total. The number of rotatable bonds is 3. The third-order valence-corrected chi connectivity index (χ3v) is 4.81. The van der Waals surface area contributed by atoms with Crippen LogP contribution in [0.3, 0.4) is 0 Å². The first-order valence-electron chi connectivity index (χ1n) is 3.83. The Morgan fingerprint density at radius 2 is 2.00 bits per heavy atom. The molecule has 0 saturated heterocycles. The van der Waals surface area contributed by atoms with E-state index in [-0.39, 0.29) is 6.42 Å². The summed E-state index contributed by atoms with van der Waals surface area (Å²) >= 11 is 0. The molecule has 1 aliphatic carbocycles. The molecular weight excluding hydrogens is 180 g/mol. The van der Waals surface area contributed by atoms with Gasteiger partial charge in [-0.05, 0) is 20.3 Å². The van der Waals surface area contributed by atoms with Gasteiger partial charge in [-0.15, -0.1) is 0 Å². The summed E-state index contributed by atoms with van der Waals surface area (Å²) in [4.78, 5) is 10.4. The van der Waals surface area contributed by atoms with Crippen LogP contribution in [0.15, 0.2) is 0 Å². The topological polar surface area (TPSA) is 71.4 Å². The minimum atomic E-state index is -3.18. The highest BCUT2D eigenvalue weighted by Gasteiger charge is 2.52. The van der Waals surface area contributed by atoms with Crippen LogP contribution in [-0.4, -0.2) is 30.0 Å². The Balaban J connectivity index is 2.71. The molecule has 5 heteroatoms. The first kappa shape index (κ1) is 9.51. The minimum absolute atomic E-state index is 0.288. The summed E-state index contributed by atoms with van der Waals surface area (Å²) in [7, 11) is -3.18. The zero-order valence-corrected chi connectivity index (χ0v) is 7.84. The van der Waals surface area contributed by atoms with E-state index < -0.39 is 32.2 Å². The summed E-state index contributed by atoms with van der Waals surface area (Å²) in [6, 6.07) is 0. The Kier molecular flexibility index (Phi) is 2.16. The van der Waals surface area contributed by atoms with Crippen molar-refractivity contribution in [3.63, 3.8) is 0 Å². The van der Waals surface area contributed by atoms with Gasteiger partial charge in [0.15, 0.2) is 9.84 Å². The fraction of sp³-hybridized carbons (Fsp3) is 0.857. The molecule has 70 valence electrons. The molecule has 0 amide bonds. The van der Waals surface area contributed by atoms with Gasteiger partial charge in [-0.3, -0.25) is 4.79 Å². The van der Waals surface area contributed by atoms with Gasteiger partial charge < -0.3 is 5.11 Å². The Morgan fingerprint density at radius 3 is 2.25 bits per heavy atom. The van der Waals surface area contributed by atoms with Crippen LogP contribution in [0, 0.1) is 5.92 Å². The quantitative estimate of drug-likeness (QED) is 0.697. The monoisotopic (exact) mass is 192 g/mol.